The van der Waals surface area contributed by atoms with Crippen molar-refractivity contribution in [3.63, 3.8) is 0 Å². The molecule has 210 valence electrons. The van der Waals surface area contributed by atoms with E-state index in [1.807, 2.05) is 12.1 Å². The zero-order valence-corrected chi connectivity index (χ0v) is 22.4. The SMILES string of the molecule is COc1ccc(C2CC(c3ccc(OC)cc3OC)=NN2C(=O)CN(C)C(=O)c2ccc(C(F)(F)F)cc2)cc1. The predicted octanol–water partition coefficient (Wildman–Crippen LogP) is 5.18. The summed E-state index contributed by atoms with van der Waals surface area (Å²) < 4.78 is 54.8. The number of alkyl halides is 3. The molecule has 1 heterocycles. The molecular weight excluding hydrogens is 527 g/mol. The second kappa shape index (κ2) is 11.7. The van der Waals surface area contributed by atoms with Crippen molar-refractivity contribution in [3.05, 3.63) is 89.0 Å². The third kappa shape index (κ3) is 6.03. The minimum Gasteiger partial charge on any atom is -0.497 e. The van der Waals surface area contributed by atoms with Crippen LogP contribution in [0.3, 0.4) is 0 Å². The van der Waals surface area contributed by atoms with Crippen LogP contribution in [0.2, 0.25) is 0 Å². The van der Waals surface area contributed by atoms with Gasteiger partial charge in [-0.25, -0.2) is 5.01 Å². The first-order valence-electron chi connectivity index (χ1n) is 12.2. The monoisotopic (exact) mass is 555 g/mol. The maximum atomic E-state index is 13.5. The average Bonchev–Trinajstić information content (AvgIpc) is 3.41. The summed E-state index contributed by atoms with van der Waals surface area (Å²) in [5.74, 6) is 0.714. The summed E-state index contributed by atoms with van der Waals surface area (Å²) in [6.45, 7) is -0.344. The van der Waals surface area contributed by atoms with Crippen molar-refractivity contribution >= 4 is 17.5 Å². The zero-order valence-electron chi connectivity index (χ0n) is 22.4. The molecule has 3 aromatic carbocycles. The fraction of sp³-hybridized carbons (Fsp3) is 0.276. The number of benzene rings is 3. The van der Waals surface area contributed by atoms with Gasteiger partial charge in [-0.2, -0.15) is 18.3 Å². The normalized spacial score (nSPS) is 14.9. The molecule has 11 heteroatoms. The second-order valence-electron chi connectivity index (χ2n) is 9.08. The van der Waals surface area contributed by atoms with E-state index in [9.17, 15) is 22.8 Å². The van der Waals surface area contributed by atoms with Gasteiger partial charge in [-0.1, -0.05) is 12.1 Å². The van der Waals surface area contributed by atoms with Crippen LogP contribution in [0, 0.1) is 0 Å². The Balaban J connectivity index is 1.60. The van der Waals surface area contributed by atoms with Gasteiger partial charge in [0.1, 0.15) is 23.8 Å². The van der Waals surface area contributed by atoms with Gasteiger partial charge in [-0.3, -0.25) is 9.59 Å². The van der Waals surface area contributed by atoms with Crippen molar-refractivity contribution < 1.29 is 37.0 Å². The fourth-order valence-electron chi connectivity index (χ4n) is 4.39. The van der Waals surface area contributed by atoms with Gasteiger partial charge in [0.05, 0.1) is 38.6 Å². The highest BCUT2D eigenvalue weighted by Gasteiger charge is 2.35. The molecule has 1 aliphatic rings. The first kappa shape index (κ1) is 28.5. The summed E-state index contributed by atoms with van der Waals surface area (Å²) in [7, 11) is 6.04. The van der Waals surface area contributed by atoms with Gasteiger partial charge in [0.2, 0.25) is 0 Å². The van der Waals surface area contributed by atoms with E-state index in [0.29, 0.717) is 34.9 Å². The number of carbonyl (C=O) groups excluding carboxylic acids is 2. The number of ether oxygens (including phenoxy) is 3. The number of hydrogen-bond acceptors (Lipinski definition) is 6. The summed E-state index contributed by atoms with van der Waals surface area (Å²) in [5.41, 5.74) is 1.26. The first-order chi connectivity index (χ1) is 19.0. The number of nitrogens with zero attached hydrogens (tertiary/aromatic N) is 3. The summed E-state index contributed by atoms with van der Waals surface area (Å²) >= 11 is 0. The molecule has 0 aromatic heterocycles. The van der Waals surface area contributed by atoms with Gasteiger partial charge < -0.3 is 19.1 Å². The van der Waals surface area contributed by atoms with Crippen molar-refractivity contribution in [2.24, 2.45) is 5.10 Å². The Labute approximate surface area is 229 Å². The molecule has 3 aromatic rings. The van der Waals surface area contributed by atoms with Crippen LogP contribution in [-0.4, -0.2) is 62.4 Å². The Bertz CT molecular complexity index is 1410. The maximum Gasteiger partial charge on any atom is 0.416 e. The van der Waals surface area contributed by atoms with Crippen molar-refractivity contribution in [2.75, 3.05) is 34.9 Å². The topological polar surface area (TPSA) is 80.7 Å². The predicted molar refractivity (Wildman–Crippen MR) is 142 cm³/mol. The quantitative estimate of drug-likeness (QED) is 0.383. The van der Waals surface area contributed by atoms with Crippen LogP contribution in [0.25, 0.3) is 0 Å². The van der Waals surface area contributed by atoms with Gasteiger partial charge in [0.15, 0.2) is 0 Å². The first-order valence-corrected chi connectivity index (χ1v) is 12.2. The van der Waals surface area contributed by atoms with Crippen molar-refractivity contribution in [3.8, 4) is 17.2 Å². The van der Waals surface area contributed by atoms with Gasteiger partial charge in [0, 0.05) is 30.7 Å². The molecule has 0 N–H and O–H groups in total. The summed E-state index contributed by atoms with van der Waals surface area (Å²) in [6.07, 6.45) is -4.14. The molecule has 0 bridgehead atoms. The fourth-order valence-corrected chi connectivity index (χ4v) is 4.39. The smallest absolute Gasteiger partial charge is 0.416 e. The molecule has 0 aliphatic carbocycles. The number of carbonyl (C=O) groups is 2. The van der Waals surface area contributed by atoms with E-state index in [4.69, 9.17) is 14.2 Å². The lowest BCUT2D eigenvalue weighted by atomic mass is 9.97. The number of likely N-dealkylation sites (N-methyl/N-ethyl adjacent to an activating group) is 1. The third-order valence-electron chi connectivity index (χ3n) is 6.56. The molecule has 40 heavy (non-hydrogen) atoms. The number of hydrogen-bond donors (Lipinski definition) is 0. The number of halogens is 3. The lowest BCUT2D eigenvalue weighted by molar-refractivity contribution is -0.137. The van der Waals surface area contributed by atoms with Gasteiger partial charge in [0.25, 0.3) is 11.8 Å². The number of methoxy groups -OCH3 is 3. The molecular formula is C29H28F3N3O5. The molecule has 1 aliphatic heterocycles. The molecule has 0 spiro atoms. The van der Waals surface area contributed by atoms with E-state index in [0.717, 1.165) is 34.7 Å². The second-order valence-corrected chi connectivity index (χ2v) is 9.08. The van der Waals surface area contributed by atoms with Gasteiger partial charge in [-0.05, 0) is 54.1 Å². The van der Waals surface area contributed by atoms with Crippen LogP contribution >= 0.6 is 0 Å². The van der Waals surface area contributed by atoms with Gasteiger partial charge >= 0.3 is 6.18 Å². The van der Waals surface area contributed by atoms with E-state index >= 15 is 0 Å². The van der Waals surface area contributed by atoms with Gasteiger partial charge in [-0.15, -0.1) is 0 Å². The number of hydrazone groups is 1. The van der Waals surface area contributed by atoms with Crippen LogP contribution in [0.4, 0.5) is 13.2 Å². The van der Waals surface area contributed by atoms with E-state index in [2.05, 4.69) is 5.10 Å². The standard InChI is InChI=1S/C29H28F3N3O5/c1-34(28(37)19-5-9-20(10-6-19)29(30,31)32)17-27(36)35-25(18-7-11-21(38-2)12-8-18)16-24(33-35)23-14-13-22(39-3)15-26(23)40-4/h5-15,25H,16-17H2,1-4H3. The largest absolute Gasteiger partial charge is 0.497 e. The van der Waals surface area contributed by atoms with E-state index < -0.39 is 29.6 Å². The van der Waals surface area contributed by atoms with Crippen LogP contribution in [0.15, 0.2) is 71.8 Å². The maximum absolute atomic E-state index is 13.5. The lowest BCUT2D eigenvalue weighted by Crippen LogP contribution is -2.39. The Kier molecular flexibility index (Phi) is 8.32. The van der Waals surface area contributed by atoms with E-state index in [1.165, 1.54) is 19.2 Å². The molecule has 0 radical (unpaired) electrons. The van der Waals surface area contributed by atoms with Crippen LogP contribution in [-0.2, 0) is 11.0 Å². The lowest BCUT2D eigenvalue weighted by Gasteiger charge is -2.25. The molecule has 2 amide bonds. The molecule has 4 rings (SSSR count). The zero-order chi connectivity index (χ0) is 29.0. The Hall–Kier alpha value is -4.54. The molecule has 0 saturated heterocycles. The van der Waals surface area contributed by atoms with Crippen molar-refractivity contribution in [2.45, 2.75) is 18.6 Å². The highest BCUT2D eigenvalue weighted by Crippen LogP contribution is 2.37. The average molecular weight is 556 g/mol. The van der Waals surface area contributed by atoms with Crippen LogP contribution in [0.1, 0.15) is 39.5 Å². The molecule has 1 unspecified atom stereocenters. The third-order valence-corrected chi connectivity index (χ3v) is 6.56. The summed E-state index contributed by atoms with van der Waals surface area (Å²) in [4.78, 5) is 27.6. The van der Waals surface area contributed by atoms with Crippen LogP contribution < -0.4 is 14.2 Å². The highest BCUT2D eigenvalue weighted by atomic mass is 19.4. The van der Waals surface area contributed by atoms with Crippen LogP contribution in [0.5, 0.6) is 17.2 Å². The number of rotatable bonds is 8. The molecule has 1 atom stereocenters. The minimum absolute atomic E-state index is 0.0311. The molecule has 0 fully saturated rings. The Morgan fingerprint density at radius 3 is 2.12 bits per heavy atom. The van der Waals surface area contributed by atoms with E-state index in [-0.39, 0.29) is 12.1 Å². The van der Waals surface area contributed by atoms with Crippen molar-refractivity contribution in [1.29, 1.82) is 0 Å². The Morgan fingerprint density at radius 2 is 1.55 bits per heavy atom. The summed E-state index contributed by atoms with van der Waals surface area (Å²) in [5, 5.41) is 5.96. The molecule has 8 nitrogen and oxygen atoms in total. The Morgan fingerprint density at radius 1 is 0.925 bits per heavy atom. The minimum atomic E-state index is -4.52. The van der Waals surface area contributed by atoms with E-state index in [1.54, 1.807) is 44.6 Å². The molecule has 0 saturated carbocycles. The highest BCUT2D eigenvalue weighted by molar-refractivity contribution is 6.05. The number of amides is 2. The van der Waals surface area contributed by atoms with Crippen molar-refractivity contribution in [1.82, 2.24) is 9.91 Å². The summed E-state index contributed by atoms with van der Waals surface area (Å²) in [6, 6.07) is 15.9.